The Bertz CT molecular complexity index is 377. The van der Waals surface area contributed by atoms with Crippen LogP contribution in [0, 0.1) is 0 Å². The van der Waals surface area contributed by atoms with Gasteiger partial charge in [0.1, 0.15) is 5.75 Å². The molecule has 0 heterocycles. The molecule has 0 fully saturated rings. The molecular weight excluding hydrogens is 214 g/mol. The number of phenols is 1. The number of hydrogen-bond donors (Lipinski definition) is 1. The van der Waals surface area contributed by atoms with Gasteiger partial charge in [-0.25, -0.2) is 8.78 Å². The van der Waals surface area contributed by atoms with Crippen molar-refractivity contribution in [2.45, 2.75) is 13.3 Å². The highest BCUT2D eigenvalue weighted by atomic mass is 35.5. The lowest BCUT2D eigenvalue weighted by molar-refractivity contribution is 0.0999. The van der Waals surface area contributed by atoms with E-state index in [1.165, 1.54) is 0 Å². The van der Waals surface area contributed by atoms with Gasteiger partial charge in [-0.15, -0.1) is 0 Å². The number of carbonyl (C=O) groups is 1. The van der Waals surface area contributed by atoms with Crippen molar-refractivity contribution in [3.05, 3.63) is 28.3 Å². The van der Waals surface area contributed by atoms with Gasteiger partial charge in [-0.2, -0.15) is 0 Å². The van der Waals surface area contributed by atoms with Gasteiger partial charge in [0.15, 0.2) is 5.78 Å². The van der Waals surface area contributed by atoms with Gasteiger partial charge in [-0.05, 0) is 19.1 Å². The van der Waals surface area contributed by atoms with Crippen LogP contribution in [0.2, 0.25) is 5.02 Å². The highest BCUT2D eigenvalue weighted by Gasteiger charge is 2.21. The van der Waals surface area contributed by atoms with Crippen molar-refractivity contribution in [3.8, 4) is 5.75 Å². The van der Waals surface area contributed by atoms with E-state index in [2.05, 4.69) is 0 Å². The monoisotopic (exact) mass is 220 g/mol. The Hall–Kier alpha value is -1.16. The summed E-state index contributed by atoms with van der Waals surface area (Å²) in [6.45, 7) is 1.16. The minimum absolute atomic E-state index is 0.164. The zero-order valence-corrected chi connectivity index (χ0v) is 7.98. The normalized spacial score (nSPS) is 10.6. The molecule has 0 atom stereocenters. The van der Waals surface area contributed by atoms with Crippen LogP contribution in [0.4, 0.5) is 8.78 Å². The SMILES string of the molecule is CC(=O)c1ccc(O)c(Cl)c1C(F)F. The molecule has 0 bridgehead atoms. The Morgan fingerprint density at radius 1 is 1.50 bits per heavy atom. The molecule has 0 aliphatic rings. The summed E-state index contributed by atoms with van der Waals surface area (Å²) >= 11 is 5.46. The summed E-state index contributed by atoms with van der Waals surface area (Å²) in [6.07, 6.45) is -2.88. The Balaban J connectivity index is 3.45. The van der Waals surface area contributed by atoms with E-state index in [0.29, 0.717) is 0 Å². The minimum atomic E-state index is -2.88. The quantitative estimate of drug-likeness (QED) is 0.778. The van der Waals surface area contributed by atoms with Crippen LogP contribution in [0.3, 0.4) is 0 Å². The Kier molecular flexibility index (Phi) is 3.06. The third kappa shape index (κ3) is 1.85. The van der Waals surface area contributed by atoms with Crippen molar-refractivity contribution in [1.82, 2.24) is 0 Å². The number of hydrogen-bond acceptors (Lipinski definition) is 2. The Labute approximate surface area is 84.1 Å². The molecule has 5 heteroatoms. The fourth-order valence-corrected chi connectivity index (χ4v) is 1.35. The maximum Gasteiger partial charge on any atom is 0.266 e. The molecule has 0 amide bonds. The molecule has 1 rings (SSSR count). The second kappa shape index (κ2) is 3.92. The zero-order chi connectivity index (χ0) is 10.9. The van der Waals surface area contributed by atoms with Gasteiger partial charge in [-0.1, -0.05) is 11.6 Å². The molecular formula is C9H7ClF2O2. The van der Waals surface area contributed by atoms with Gasteiger partial charge in [0.05, 0.1) is 10.6 Å². The van der Waals surface area contributed by atoms with Gasteiger partial charge in [0.25, 0.3) is 6.43 Å². The molecule has 0 unspecified atom stereocenters. The third-order valence-electron chi connectivity index (χ3n) is 1.76. The van der Waals surface area contributed by atoms with Crippen LogP contribution in [-0.2, 0) is 0 Å². The highest BCUT2D eigenvalue weighted by molar-refractivity contribution is 6.33. The van der Waals surface area contributed by atoms with Crippen LogP contribution in [-0.4, -0.2) is 10.9 Å². The summed E-state index contributed by atoms with van der Waals surface area (Å²) < 4.78 is 25.0. The van der Waals surface area contributed by atoms with Gasteiger partial charge < -0.3 is 5.11 Å². The molecule has 0 aromatic heterocycles. The summed E-state index contributed by atoms with van der Waals surface area (Å²) in [5.74, 6) is -0.964. The third-order valence-corrected chi connectivity index (χ3v) is 2.15. The molecule has 14 heavy (non-hydrogen) atoms. The van der Waals surface area contributed by atoms with Crippen molar-refractivity contribution in [2.24, 2.45) is 0 Å². The van der Waals surface area contributed by atoms with Crippen LogP contribution in [0.1, 0.15) is 29.3 Å². The maximum absolute atomic E-state index is 12.5. The topological polar surface area (TPSA) is 37.3 Å². The molecule has 1 aromatic carbocycles. The number of rotatable bonds is 2. The van der Waals surface area contributed by atoms with E-state index in [9.17, 15) is 13.6 Å². The van der Waals surface area contributed by atoms with Crippen LogP contribution < -0.4 is 0 Å². The fraction of sp³-hybridized carbons (Fsp3) is 0.222. The molecule has 1 N–H and O–H groups in total. The van der Waals surface area contributed by atoms with Crippen LogP contribution in [0.15, 0.2) is 12.1 Å². The first kappa shape index (κ1) is 10.9. The summed E-state index contributed by atoms with van der Waals surface area (Å²) in [4.78, 5) is 11.0. The summed E-state index contributed by atoms with van der Waals surface area (Å²) in [6, 6.07) is 2.25. The number of halogens is 3. The lowest BCUT2D eigenvalue weighted by Crippen LogP contribution is -2.01. The minimum Gasteiger partial charge on any atom is -0.506 e. The summed E-state index contributed by atoms with van der Waals surface area (Å²) in [5, 5.41) is 8.61. The molecule has 76 valence electrons. The van der Waals surface area contributed by atoms with Crippen molar-refractivity contribution in [3.63, 3.8) is 0 Å². The van der Waals surface area contributed by atoms with E-state index in [1.807, 2.05) is 0 Å². The van der Waals surface area contributed by atoms with E-state index in [4.69, 9.17) is 16.7 Å². The Morgan fingerprint density at radius 3 is 2.50 bits per heavy atom. The largest absolute Gasteiger partial charge is 0.506 e. The second-order valence-electron chi connectivity index (χ2n) is 2.72. The summed E-state index contributed by atoms with van der Waals surface area (Å²) in [7, 11) is 0. The number of Topliss-reactive ketones (excluding diaryl/α,β-unsaturated/α-hetero) is 1. The number of carbonyl (C=O) groups excluding carboxylic acids is 1. The smallest absolute Gasteiger partial charge is 0.266 e. The first-order valence-electron chi connectivity index (χ1n) is 3.75. The van der Waals surface area contributed by atoms with E-state index in [-0.39, 0.29) is 5.56 Å². The van der Waals surface area contributed by atoms with Crippen LogP contribution in [0.25, 0.3) is 0 Å². The molecule has 0 aliphatic carbocycles. The van der Waals surface area contributed by atoms with E-state index in [1.54, 1.807) is 0 Å². The number of alkyl halides is 2. The molecule has 1 aromatic rings. The maximum atomic E-state index is 12.5. The van der Waals surface area contributed by atoms with Gasteiger partial charge in [0.2, 0.25) is 0 Å². The van der Waals surface area contributed by atoms with Gasteiger partial charge >= 0.3 is 0 Å². The fourth-order valence-electron chi connectivity index (χ4n) is 1.10. The first-order valence-corrected chi connectivity index (χ1v) is 4.13. The van der Waals surface area contributed by atoms with E-state index < -0.39 is 28.5 Å². The predicted molar refractivity (Wildman–Crippen MR) is 48.1 cm³/mol. The highest BCUT2D eigenvalue weighted by Crippen LogP contribution is 2.36. The van der Waals surface area contributed by atoms with Crippen LogP contribution in [0.5, 0.6) is 5.75 Å². The zero-order valence-electron chi connectivity index (χ0n) is 7.22. The van der Waals surface area contributed by atoms with Gasteiger partial charge in [-0.3, -0.25) is 4.79 Å². The lowest BCUT2D eigenvalue weighted by atomic mass is 10.0. The molecule has 0 saturated carbocycles. The van der Waals surface area contributed by atoms with E-state index in [0.717, 1.165) is 19.1 Å². The predicted octanol–water partition coefficient (Wildman–Crippen LogP) is 3.19. The van der Waals surface area contributed by atoms with Crippen LogP contribution >= 0.6 is 11.6 Å². The second-order valence-corrected chi connectivity index (χ2v) is 3.09. The van der Waals surface area contributed by atoms with Crippen molar-refractivity contribution in [1.29, 1.82) is 0 Å². The van der Waals surface area contributed by atoms with Crippen molar-refractivity contribution >= 4 is 17.4 Å². The van der Waals surface area contributed by atoms with Crippen molar-refractivity contribution in [2.75, 3.05) is 0 Å². The molecule has 0 saturated heterocycles. The van der Waals surface area contributed by atoms with Gasteiger partial charge in [0, 0.05) is 5.56 Å². The lowest BCUT2D eigenvalue weighted by Gasteiger charge is -2.09. The molecule has 0 spiro atoms. The molecule has 0 aliphatic heterocycles. The molecule has 2 nitrogen and oxygen atoms in total. The molecule has 0 radical (unpaired) electrons. The average molecular weight is 221 g/mol. The number of benzene rings is 1. The first-order chi connectivity index (χ1) is 6.45. The van der Waals surface area contributed by atoms with E-state index >= 15 is 0 Å². The summed E-state index contributed by atoms with van der Waals surface area (Å²) in [5.41, 5.74) is -0.776. The number of aromatic hydroxyl groups is 1. The Morgan fingerprint density at radius 2 is 2.07 bits per heavy atom. The standard InChI is InChI=1S/C9H7ClF2O2/c1-4(13)5-2-3-6(14)8(10)7(5)9(11)12/h2-3,9,14H,1H3. The average Bonchev–Trinajstić information content (AvgIpc) is 2.08. The number of ketones is 1. The number of phenolic OH excluding ortho intramolecular Hbond substituents is 1. The van der Waals surface area contributed by atoms with Crippen molar-refractivity contribution < 1.29 is 18.7 Å².